The van der Waals surface area contributed by atoms with E-state index in [-0.39, 0.29) is 25.2 Å². The molecule has 0 heterocycles. The predicted octanol–water partition coefficient (Wildman–Crippen LogP) is 6.83. The molecule has 0 fully saturated rings. The number of fused-ring (bicyclic) bond motifs is 2. The molecule has 6 heteroatoms. The summed E-state index contributed by atoms with van der Waals surface area (Å²) in [7, 11) is 0. The lowest BCUT2D eigenvalue weighted by molar-refractivity contribution is -0.147. The third-order valence-corrected chi connectivity index (χ3v) is 6.06. The average molecular weight is 495 g/mol. The van der Waals surface area contributed by atoms with E-state index in [0.29, 0.717) is 24.7 Å². The third-order valence-electron chi connectivity index (χ3n) is 6.06. The van der Waals surface area contributed by atoms with Crippen LogP contribution in [0.15, 0.2) is 36.4 Å². The van der Waals surface area contributed by atoms with Crippen LogP contribution in [-0.2, 0) is 19.1 Å². The van der Waals surface area contributed by atoms with Crippen LogP contribution in [0.2, 0.25) is 0 Å². The van der Waals surface area contributed by atoms with Gasteiger partial charge < -0.3 is 18.9 Å². The standard InChI is InChI=1S/C30H38O6/c1-5-7-11-15-33-26(31)19-35-29-23-13-9-10-14-24(23)30(28-22(4)17-21(3)18-25(28)29)36-20-27(32)34-16-12-8-6-2/h9-10,13-14,17-18H,5-8,11-12,15-16,19-20H2,1-4H3. The molecule has 0 aliphatic heterocycles. The van der Waals surface area contributed by atoms with Crippen molar-refractivity contribution in [2.24, 2.45) is 0 Å². The molecule has 0 saturated heterocycles. The molecule has 0 N–H and O–H groups in total. The molecule has 6 nitrogen and oxygen atoms in total. The van der Waals surface area contributed by atoms with E-state index in [1.54, 1.807) is 0 Å². The Morgan fingerprint density at radius 1 is 0.694 bits per heavy atom. The number of hydrogen-bond acceptors (Lipinski definition) is 6. The molecule has 0 aromatic heterocycles. The van der Waals surface area contributed by atoms with Crippen LogP contribution in [0, 0.1) is 13.8 Å². The summed E-state index contributed by atoms with van der Waals surface area (Å²) in [6.45, 7) is 8.68. The second-order valence-electron chi connectivity index (χ2n) is 9.14. The molecule has 0 unspecified atom stereocenters. The Kier molecular flexibility index (Phi) is 10.4. The van der Waals surface area contributed by atoms with Crippen LogP contribution in [0.4, 0.5) is 0 Å². The number of rotatable bonds is 14. The second kappa shape index (κ2) is 13.7. The van der Waals surface area contributed by atoms with Crippen molar-refractivity contribution in [1.82, 2.24) is 0 Å². The van der Waals surface area contributed by atoms with Gasteiger partial charge in [0, 0.05) is 21.5 Å². The van der Waals surface area contributed by atoms with Gasteiger partial charge in [0.05, 0.1) is 13.2 Å². The van der Waals surface area contributed by atoms with E-state index in [1.165, 1.54) is 0 Å². The Labute approximate surface area is 213 Å². The van der Waals surface area contributed by atoms with Crippen LogP contribution in [0.1, 0.15) is 63.5 Å². The van der Waals surface area contributed by atoms with Gasteiger partial charge in [-0.05, 0) is 38.3 Å². The lowest BCUT2D eigenvalue weighted by atomic mass is 9.95. The highest BCUT2D eigenvalue weighted by Gasteiger charge is 2.20. The Morgan fingerprint density at radius 2 is 1.22 bits per heavy atom. The van der Waals surface area contributed by atoms with Gasteiger partial charge in [-0.3, -0.25) is 0 Å². The minimum absolute atomic E-state index is 0.178. The van der Waals surface area contributed by atoms with E-state index in [4.69, 9.17) is 18.9 Å². The maximum Gasteiger partial charge on any atom is 0.344 e. The van der Waals surface area contributed by atoms with Gasteiger partial charge in [0.2, 0.25) is 0 Å². The first-order valence-corrected chi connectivity index (χ1v) is 13.0. The van der Waals surface area contributed by atoms with Crippen LogP contribution >= 0.6 is 0 Å². The van der Waals surface area contributed by atoms with Crippen LogP contribution in [-0.4, -0.2) is 38.4 Å². The monoisotopic (exact) mass is 494 g/mol. The van der Waals surface area contributed by atoms with Gasteiger partial charge in [-0.2, -0.15) is 0 Å². The Bertz CT molecular complexity index is 1180. The maximum absolute atomic E-state index is 12.3. The molecule has 0 spiro atoms. The van der Waals surface area contributed by atoms with Gasteiger partial charge in [0.1, 0.15) is 11.5 Å². The summed E-state index contributed by atoms with van der Waals surface area (Å²) in [5, 5.41) is 3.29. The Morgan fingerprint density at radius 3 is 1.78 bits per heavy atom. The fraction of sp³-hybridized carbons (Fsp3) is 0.467. The fourth-order valence-electron chi connectivity index (χ4n) is 4.33. The fourth-order valence-corrected chi connectivity index (χ4v) is 4.33. The Hall–Kier alpha value is -3.28. The summed E-state index contributed by atoms with van der Waals surface area (Å²) in [6, 6.07) is 11.8. The number of carbonyl (C=O) groups is 2. The molecule has 0 aliphatic rings. The highest BCUT2D eigenvalue weighted by Crippen LogP contribution is 2.44. The Balaban J connectivity index is 1.91. The summed E-state index contributed by atoms with van der Waals surface area (Å²) in [4.78, 5) is 24.7. The van der Waals surface area contributed by atoms with E-state index in [1.807, 2.05) is 44.2 Å². The summed E-state index contributed by atoms with van der Waals surface area (Å²) in [6.07, 6.45) is 5.87. The minimum atomic E-state index is -0.390. The highest BCUT2D eigenvalue weighted by atomic mass is 16.6. The van der Waals surface area contributed by atoms with E-state index in [0.717, 1.165) is 71.2 Å². The molecule has 3 aromatic rings. The van der Waals surface area contributed by atoms with Gasteiger partial charge in [-0.1, -0.05) is 75.4 Å². The molecule has 0 atom stereocenters. The first-order valence-electron chi connectivity index (χ1n) is 13.0. The summed E-state index contributed by atoms with van der Waals surface area (Å²) in [5.74, 6) is 0.434. The molecule has 194 valence electrons. The molecule has 36 heavy (non-hydrogen) atoms. The zero-order valence-electron chi connectivity index (χ0n) is 22.0. The zero-order chi connectivity index (χ0) is 25.9. The number of carbonyl (C=O) groups excluding carboxylic acids is 2. The van der Waals surface area contributed by atoms with Crippen LogP contribution in [0.5, 0.6) is 11.5 Å². The van der Waals surface area contributed by atoms with Gasteiger partial charge >= 0.3 is 11.9 Å². The largest absolute Gasteiger partial charge is 0.481 e. The first kappa shape index (κ1) is 27.3. The molecule has 3 aromatic carbocycles. The van der Waals surface area contributed by atoms with Crippen molar-refractivity contribution < 1.29 is 28.5 Å². The van der Waals surface area contributed by atoms with Crippen molar-refractivity contribution in [3.63, 3.8) is 0 Å². The summed E-state index contributed by atoms with van der Waals surface area (Å²) < 4.78 is 22.9. The lowest BCUT2D eigenvalue weighted by Crippen LogP contribution is -2.17. The minimum Gasteiger partial charge on any atom is -0.481 e. The van der Waals surface area contributed by atoms with E-state index in [2.05, 4.69) is 19.9 Å². The summed E-state index contributed by atoms with van der Waals surface area (Å²) >= 11 is 0. The van der Waals surface area contributed by atoms with E-state index < -0.39 is 0 Å². The molecule has 0 bridgehead atoms. The molecule has 0 aliphatic carbocycles. The van der Waals surface area contributed by atoms with Gasteiger partial charge in [-0.25, -0.2) is 9.59 Å². The number of ether oxygens (including phenoxy) is 4. The average Bonchev–Trinajstić information content (AvgIpc) is 2.86. The summed E-state index contributed by atoms with van der Waals surface area (Å²) in [5.41, 5.74) is 2.05. The SMILES string of the molecule is CCCCCOC(=O)COc1c2ccccc2c(OCC(=O)OCCCCC)c2c(C)cc(C)cc12. The number of unbranched alkanes of at least 4 members (excludes halogenated alkanes) is 4. The van der Waals surface area contributed by atoms with Crippen molar-refractivity contribution in [2.75, 3.05) is 26.4 Å². The smallest absolute Gasteiger partial charge is 0.344 e. The van der Waals surface area contributed by atoms with E-state index >= 15 is 0 Å². The number of hydrogen-bond donors (Lipinski definition) is 0. The van der Waals surface area contributed by atoms with Crippen molar-refractivity contribution in [2.45, 2.75) is 66.2 Å². The highest BCUT2D eigenvalue weighted by molar-refractivity contribution is 6.12. The molecular formula is C30H38O6. The van der Waals surface area contributed by atoms with Crippen LogP contribution in [0.25, 0.3) is 21.5 Å². The quantitative estimate of drug-likeness (QED) is 0.139. The molecule has 3 rings (SSSR count). The van der Waals surface area contributed by atoms with Crippen molar-refractivity contribution in [1.29, 1.82) is 0 Å². The molecule has 0 saturated carbocycles. The number of benzene rings is 3. The molecule has 0 radical (unpaired) electrons. The third kappa shape index (κ3) is 7.12. The first-order chi connectivity index (χ1) is 17.5. The number of aryl methyl sites for hydroxylation is 2. The van der Waals surface area contributed by atoms with Crippen LogP contribution < -0.4 is 9.47 Å². The van der Waals surface area contributed by atoms with Gasteiger partial charge in [0.25, 0.3) is 0 Å². The topological polar surface area (TPSA) is 71.1 Å². The molecule has 0 amide bonds. The molecular weight excluding hydrogens is 456 g/mol. The maximum atomic E-state index is 12.3. The van der Waals surface area contributed by atoms with Gasteiger partial charge in [-0.15, -0.1) is 0 Å². The second-order valence-corrected chi connectivity index (χ2v) is 9.14. The predicted molar refractivity (Wildman–Crippen MR) is 143 cm³/mol. The van der Waals surface area contributed by atoms with Crippen molar-refractivity contribution in [3.05, 3.63) is 47.5 Å². The van der Waals surface area contributed by atoms with Gasteiger partial charge in [0.15, 0.2) is 13.2 Å². The lowest BCUT2D eigenvalue weighted by Gasteiger charge is -2.19. The zero-order valence-corrected chi connectivity index (χ0v) is 22.0. The normalized spacial score (nSPS) is 11.0. The number of esters is 2. The van der Waals surface area contributed by atoms with Crippen molar-refractivity contribution >= 4 is 33.5 Å². The van der Waals surface area contributed by atoms with E-state index in [9.17, 15) is 9.59 Å². The van der Waals surface area contributed by atoms with Crippen molar-refractivity contribution in [3.8, 4) is 11.5 Å². The van der Waals surface area contributed by atoms with Crippen LogP contribution in [0.3, 0.4) is 0 Å².